The number of nitrogens with two attached hydrogens (primary N) is 1. The second kappa shape index (κ2) is 4.00. The molecule has 0 spiro atoms. The average molecular weight is 181 g/mol. The molecular weight excluding hydrogens is 158 g/mol. The lowest BCUT2D eigenvalue weighted by Gasteiger charge is -2.27. The van der Waals surface area contributed by atoms with Crippen LogP contribution < -0.4 is 5.73 Å². The lowest BCUT2D eigenvalue weighted by molar-refractivity contribution is 0.279. The summed E-state index contributed by atoms with van der Waals surface area (Å²) in [6, 6.07) is 0.547. The first kappa shape index (κ1) is 9.51. The zero-order valence-electron chi connectivity index (χ0n) is 8.84. The smallest absolute Gasteiger partial charge is 0.00983 e. The molecule has 0 saturated heterocycles. The first-order chi connectivity index (χ1) is 6.33. The van der Waals surface area contributed by atoms with Crippen LogP contribution in [0.1, 0.15) is 51.9 Å². The molecule has 2 aliphatic carbocycles. The molecule has 1 heteroatoms. The zero-order chi connectivity index (χ0) is 9.26. The maximum Gasteiger partial charge on any atom is 0.00983 e. The van der Waals surface area contributed by atoms with Crippen molar-refractivity contribution in [2.24, 2.45) is 23.5 Å². The van der Waals surface area contributed by atoms with Gasteiger partial charge in [0, 0.05) is 6.04 Å². The molecule has 1 nitrogen and oxygen atoms in total. The van der Waals surface area contributed by atoms with E-state index in [9.17, 15) is 0 Å². The SMILES string of the molecule is CC[C@@H]1C[C@H]1C(N)C1CCCCC1. The van der Waals surface area contributed by atoms with Crippen LogP contribution in [0.5, 0.6) is 0 Å². The summed E-state index contributed by atoms with van der Waals surface area (Å²) < 4.78 is 0. The second-order valence-electron chi connectivity index (χ2n) is 5.04. The van der Waals surface area contributed by atoms with E-state index in [1.807, 2.05) is 0 Å². The standard InChI is InChI=1S/C12H23N/c1-2-9-8-11(9)12(13)10-6-4-3-5-7-10/h9-12H,2-8,13H2,1H3/t9-,11-,12?/m1/s1. The molecule has 0 bridgehead atoms. The molecule has 0 radical (unpaired) electrons. The highest BCUT2D eigenvalue weighted by Crippen LogP contribution is 2.46. The Bertz CT molecular complexity index is 161. The summed E-state index contributed by atoms with van der Waals surface area (Å²) in [5.74, 6) is 2.75. The molecule has 0 aromatic heterocycles. The lowest BCUT2D eigenvalue weighted by atomic mass is 9.82. The van der Waals surface area contributed by atoms with E-state index in [1.165, 1.54) is 44.9 Å². The average Bonchev–Trinajstić information content (AvgIpc) is 2.97. The summed E-state index contributed by atoms with van der Waals surface area (Å²) in [4.78, 5) is 0. The van der Waals surface area contributed by atoms with Gasteiger partial charge in [-0.3, -0.25) is 0 Å². The third kappa shape index (κ3) is 2.07. The van der Waals surface area contributed by atoms with E-state index < -0.39 is 0 Å². The van der Waals surface area contributed by atoms with Gasteiger partial charge in [0.2, 0.25) is 0 Å². The maximum absolute atomic E-state index is 6.32. The van der Waals surface area contributed by atoms with E-state index >= 15 is 0 Å². The molecule has 0 aromatic rings. The largest absolute Gasteiger partial charge is 0.327 e. The van der Waals surface area contributed by atoms with Crippen LogP contribution in [0.4, 0.5) is 0 Å². The summed E-state index contributed by atoms with van der Waals surface area (Å²) in [5, 5.41) is 0. The van der Waals surface area contributed by atoms with Crippen LogP contribution in [0.15, 0.2) is 0 Å². The Kier molecular flexibility index (Phi) is 2.92. The molecule has 0 heterocycles. The van der Waals surface area contributed by atoms with Gasteiger partial charge in [-0.25, -0.2) is 0 Å². The predicted octanol–water partition coefficient (Wildman–Crippen LogP) is 2.94. The Morgan fingerprint density at radius 3 is 2.46 bits per heavy atom. The first-order valence-corrected chi connectivity index (χ1v) is 6.08. The van der Waals surface area contributed by atoms with Crippen molar-refractivity contribution in [2.45, 2.75) is 57.9 Å². The minimum atomic E-state index is 0.547. The molecule has 2 fully saturated rings. The Balaban J connectivity index is 1.79. The Labute approximate surface area is 82.1 Å². The van der Waals surface area contributed by atoms with Crippen LogP contribution in [-0.2, 0) is 0 Å². The molecule has 13 heavy (non-hydrogen) atoms. The van der Waals surface area contributed by atoms with Gasteiger partial charge >= 0.3 is 0 Å². The fourth-order valence-electron chi connectivity index (χ4n) is 3.08. The normalized spacial score (nSPS) is 37.4. The van der Waals surface area contributed by atoms with Gasteiger partial charge in [0.1, 0.15) is 0 Å². The number of hydrogen-bond acceptors (Lipinski definition) is 1. The van der Waals surface area contributed by atoms with E-state index in [-0.39, 0.29) is 0 Å². The minimum absolute atomic E-state index is 0.547. The zero-order valence-corrected chi connectivity index (χ0v) is 8.84. The molecule has 0 amide bonds. The van der Waals surface area contributed by atoms with Crippen LogP contribution in [0.3, 0.4) is 0 Å². The monoisotopic (exact) mass is 181 g/mol. The van der Waals surface area contributed by atoms with Crippen molar-refractivity contribution in [3.8, 4) is 0 Å². The van der Waals surface area contributed by atoms with Gasteiger partial charge in [0.15, 0.2) is 0 Å². The van der Waals surface area contributed by atoms with Crippen molar-refractivity contribution >= 4 is 0 Å². The van der Waals surface area contributed by atoms with E-state index in [1.54, 1.807) is 0 Å². The summed E-state index contributed by atoms with van der Waals surface area (Å²) in [5.41, 5.74) is 6.32. The second-order valence-corrected chi connectivity index (χ2v) is 5.04. The van der Waals surface area contributed by atoms with Gasteiger partial charge in [0.25, 0.3) is 0 Å². The summed E-state index contributed by atoms with van der Waals surface area (Å²) in [6.45, 7) is 2.30. The summed E-state index contributed by atoms with van der Waals surface area (Å²) in [6.07, 6.45) is 9.91. The van der Waals surface area contributed by atoms with Crippen molar-refractivity contribution in [1.29, 1.82) is 0 Å². The molecule has 2 rings (SSSR count). The molecule has 2 aliphatic rings. The van der Waals surface area contributed by atoms with Gasteiger partial charge in [-0.15, -0.1) is 0 Å². The predicted molar refractivity (Wildman–Crippen MR) is 56.4 cm³/mol. The third-order valence-electron chi connectivity index (χ3n) is 4.19. The number of hydrogen-bond donors (Lipinski definition) is 1. The third-order valence-corrected chi connectivity index (χ3v) is 4.19. The Morgan fingerprint density at radius 1 is 1.23 bits per heavy atom. The van der Waals surface area contributed by atoms with Gasteiger partial charge in [-0.05, 0) is 37.0 Å². The number of rotatable bonds is 3. The van der Waals surface area contributed by atoms with Crippen molar-refractivity contribution < 1.29 is 0 Å². The molecule has 1 unspecified atom stereocenters. The molecule has 0 aromatic carbocycles. The van der Waals surface area contributed by atoms with Crippen LogP contribution in [0.25, 0.3) is 0 Å². The van der Waals surface area contributed by atoms with E-state index in [0.29, 0.717) is 6.04 Å². The lowest BCUT2D eigenvalue weighted by Crippen LogP contribution is -2.34. The molecule has 76 valence electrons. The van der Waals surface area contributed by atoms with E-state index in [0.717, 1.165) is 17.8 Å². The van der Waals surface area contributed by atoms with Crippen molar-refractivity contribution in [1.82, 2.24) is 0 Å². The maximum atomic E-state index is 6.32. The fraction of sp³-hybridized carbons (Fsp3) is 1.00. The highest BCUT2D eigenvalue weighted by molar-refractivity contribution is 4.95. The topological polar surface area (TPSA) is 26.0 Å². The van der Waals surface area contributed by atoms with Crippen LogP contribution in [-0.4, -0.2) is 6.04 Å². The van der Waals surface area contributed by atoms with Gasteiger partial charge in [-0.1, -0.05) is 32.6 Å². The Hall–Kier alpha value is -0.0400. The Morgan fingerprint density at radius 2 is 1.92 bits per heavy atom. The van der Waals surface area contributed by atoms with Crippen molar-refractivity contribution in [3.05, 3.63) is 0 Å². The highest BCUT2D eigenvalue weighted by Gasteiger charge is 2.42. The van der Waals surface area contributed by atoms with E-state index in [2.05, 4.69) is 6.92 Å². The summed E-state index contributed by atoms with van der Waals surface area (Å²) in [7, 11) is 0. The van der Waals surface area contributed by atoms with Crippen LogP contribution >= 0.6 is 0 Å². The van der Waals surface area contributed by atoms with Gasteiger partial charge < -0.3 is 5.73 Å². The van der Waals surface area contributed by atoms with Crippen molar-refractivity contribution in [2.75, 3.05) is 0 Å². The fourth-order valence-corrected chi connectivity index (χ4v) is 3.08. The van der Waals surface area contributed by atoms with Crippen LogP contribution in [0.2, 0.25) is 0 Å². The van der Waals surface area contributed by atoms with Crippen LogP contribution in [0, 0.1) is 17.8 Å². The molecule has 2 N–H and O–H groups in total. The highest BCUT2D eigenvalue weighted by atomic mass is 14.7. The van der Waals surface area contributed by atoms with E-state index in [4.69, 9.17) is 5.73 Å². The molecule has 0 aliphatic heterocycles. The summed E-state index contributed by atoms with van der Waals surface area (Å²) >= 11 is 0. The minimum Gasteiger partial charge on any atom is -0.327 e. The molecule has 2 saturated carbocycles. The molecular formula is C12H23N. The molecule has 3 atom stereocenters. The quantitative estimate of drug-likeness (QED) is 0.711. The van der Waals surface area contributed by atoms with Gasteiger partial charge in [-0.2, -0.15) is 0 Å². The first-order valence-electron chi connectivity index (χ1n) is 6.08. The van der Waals surface area contributed by atoms with Crippen molar-refractivity contribution in [3.63, 3.8) is 0 Å². The van der Waals surface area contributed by atoms with Gasteiger partial charge in [0.05, 0.1) is 0 Å².